The minimum Gasteiger partial charge on any atom is -0.457 e. The van der Waals surface area contributed by atoms with Crippen molar-refractivity contribution in [3.8, 4) is 34.5 Å². The molecule has 0 radical (unpaired) electrons. The lowest BCUT2D eigenvalue weighted by atomic mass is 10.0. The number of primary amides is 1. The van der Waals surface area contributed by atoms with Crippen molar-refractivity contribution in [3.05, 3.63) is 78.5 Å². The summed E-state index contributed by atoms with van der Waals surface area (Å²) in [5.74, 6) is 5.92. The van der Waals surface area contributed by atoms with Crippen molar-refractivity contribution in [3.63, 3.8) is 0 Å². The number of ether oxygens (including phenoxy) is 1. The van der Waals surface area contributed by atoms with E-state index in [0.717, 1.165) is 46.7 Å². The molecular weight excluding hydrogens is 452 g/mol. The number of benzene rings is 3. The van der Waals surface area contributed by atoms with Gasteiger partial charge in [0.1, 0.15) is 11.5 Å². The van der Waals surface area contributed by atoms with Crippen LogP contribution in [0.4, 0.5) is 5.69 Å². The molecule has 1 aliphatic rings. The number of aromatic amines is 1. The molecule has 3 aromatic carbocycles. The van der Waals surface area contributed by atoms with Crippen LogP contribution in [-0.4, -0.2) is 35.9 Å². The fourth-order valence-electron chi connectivity index (χ4n) is 4.69. The van der Waals surface area contributed by atoms with E-state index in [2.05, 4.69) is 27.0 Å². The number of hydrogen-bond acceptors (Lipinski definition) is 4. The van der Waals surface area contributed by atoms with Gasteiger partial charge in [-0.15, -0.1) is 0 Å². The van der Waals surface area contributed by atoms with Crippen molar-refractivity contribution in [2.75, 3.05) is 18.0 Å². The van der Waals surface area contributed by atoms with Crippen LogP contribution in [0, 0.1) is 11.8 Å². The topological polar surface area (TPSA) is 100 Å². The van der Waals surface area contributed by atoms with Gasteiger partial charge in [0.2, 0.25) is 0 Å². The van der Waals surface area contributed by atoms with Gasteiger partial charge >= 0.3 is 0 Å². The van der Waals surface area contributed by atoms with Crippen LogP contribution in [0.25, 0.3) is 22.0 Å². The lowest BCUT2D eigenvalue weighted by Crippen LogP contribution is -2.36. The Bertz CT molecular complexity index is 1480. The second-order valence-corrected chi connectivity index (χ2v) is 8.67. The first kappa shape index (κ1) is 23.1. The highest BCUT2D eigenvalue weighted by Gasteiger charge is 2.27. The molecule has 0 aliphatic carbocycles. The molecule has 1 aliphatic heterocycles. The SMILES string of the molecule is CC#CC(=O)N[C@@H]1CCN(c2ccc(C(N)=O)c3[nH]cc(-c4ccc(Oc5ccccc5)cc4)c23)C1. The molecule has 5 rings (SSSR count). The van der Waals surface area contributed by atoms with Crippen LogP contribution in [0.15, 0.2) is 72.9 Å². The number of hydrogen-bond donors (Lipinski definition) is 3. The molecule has 7 heteroatoms. The van der Waals surface area contributed by atoms with Crippen molar-refractivity contribution in [1.29, 1.82) is 0 Å². The number of amides is 2. The van der Waals surface area contributed by atoms with Gasteiger partial charge in [-0.05, 0) is 61.2 Å². The van der Waals surface area contributed by atoms with Crippen LogP contribution in [0.3, 0.4) is 0 Å². The maximum absolute atomic E-state index is 12.2. The second kappa shape index (κ2) is 9.88. The first-order valence-electron chi connectivity index (χ1n) is 11.8. The Morgan fingerprint density at radius 2 is 1.81 bits per heavy atom. The van der Waals surface area contributed by atoms with Gasteiger partial charge in [0, 0.05) is 42.0 Å². The molecule has 0 unspecified atom stereocenters. The highest BCUT2D eigenvalue weighted by atomic mass is 16.5. The molecule has 7 nitrogen and oxygen atoms in total. The number of para-hydroxylation sites is 1. The van der Waals surface area contributed by atoms with Gasteiger partial charge in [0.05, 0.1) is 11.1 Å². The van der Waals surface area contributed by atoms with Crippen LogP contribution in [0.1, 0.15) is 23.7 Å². The minimum atomic E-state index is -0.490. The number of nitrogens with one attached hydrogen (secondary N) is 2. The fourth-order valence-corrected chi connectivity index (χ4v) is 4.69. The molecule has 0 spiro atoms. The third kappa shape index (κ3) is 4.62. The van der Waals surface area contributed by atoms with Crippen molar-refractivity contribution in [2.45, 2.75) is 19.4 Å². The summed E-state index contributed by atoms with van der Waals surface area (Å²) < 4.78 is 5.93. The number of rotatable bonds is 6. The van der Waals surface area contributed by atoms with E-state index in [-0.39, 0.29) is 11.9 Å². The molecular formula is C29H26N4O3. The van der Waals surface area contributed by atoms with E-state index in [4.69, 9.17) is 10.5 Å². The number of carbonyl (C=O) groups excluding carboxylic acids is 2. The summed E-state index contributed by atoms with van der Waals surface area (Å²) in [6, 6.07) is 21.2. The summed E-state index contributed by atoms with van der Waals surface area (Å²) in [6.45, 7) is 3.06. The van der Waals surface area contributed by atoms with E-state index in [1.165, 1.54) is 0 Å². The number of carbonyl (C=O) groups is 2. The molecule has 2 amide bonds. The number of H-pyrrole nitrogens is 1. The van der Waals surface area contributed by atoms with Crippen molar-refractivity contribution in [1.82, 2.24) is 10.3 Å². The van der Waals surface area contributed by atoms with Gasteiger partial charge in [0.15, 0.2) is 0 Å². The Morgan fingerprint density at radius 1 is 1.06 bits per heavy atom. The van der Waals surface area contributed by atoms with Gasteiger partial charge in [-0.1, -0.05) is 36.3 Å². The van der Waals surface area contributed by atoms with Crippen LogP contribution in [0.5, 0.6) is 11.5 Å². The molecule has 1 aromatic heterocycles. The second-order valence-electron chi connectivity index (χ2n) is 8.67. The number of nitrogens with zero attached hydrogens (tertiary/aromatic N) is 1. The Labute approximate surface area is 209 Å². The van der Waals surface area contributed by atoms with Crippen LogP contribution in [0.2, 0.25) is 0 Å². The van der Waals surface area contributed by atoms with E-state index in [0.29, 0.717) is 17.6 Å². The van der Waals surface area contributed by atoms with Gasteiger partial charge < -0.3 is 25.7 Å². The maximum atomic E-state index is 12.2. The molecule has 0 saturated carbocycles. The standard InChI is InChI=1S/C29H26N4O3/c1-2-6-26(34)32-20-15-16-33(18-20)25-14-13-23(29(30)35)28-27(25)24(17-31-28)19-9-11-22(12-10-19)36-21-7-4-3-5-8-21/h3-5,7-14,17,20,31H,15-16,18H2,1H3,(H2,30,35)(H,32,34)/t20-/m1/s1. The van der Waals surface area contributed by atoms with Crippen LogP contribution >= 0.6 is 0 Å². The Hall–Kier alpha value is -4.70. The first-order chi connectivity index (χ1) is 17.5. The monoisotopic (exact) mass is 478 g/mol. The molecule has 2 heterocycles. The summed E-state index contributed by atoms with van der Waals surface area (Å²) in [6.07, 6.45) is 2.71. The average Bonchev–Trinajstić information content (AvgIpc) is 3.52. The van der Waals surface area contributed by atoms with Crippen molar-refractivity contribution in [2.24, 2.45) is 5.73 Å². The zero-order valence-corrected chi connectivity index (χ0v) is 19.9. The molecule has 1 atom stereocenters. The highest BCUT2D eigenvalue weighted by Crippen LogP contribution is 2.39. The van der Waals surface area contributed by atoms with E-state index in [1.807, 2.05) is 66.9 Å². The minimum absolute atomic E-state index is 0.000951. The van der Waals surface area contributed by atoms with Gasteiger partial charge in [-0.3, -0.25) is 9.59 Å². The summed E-state index contributed by atoms with van der Waals surface area (Å²) in [5.41, 5.74) is 9.73. The molecule has 1 fully saturated rings. The Morgan fingerprint density at radius 3 is 2.53 bits per heavy atom. The predicted molar refractivity (Wildman–Crippen MR) is 141 cm³/mol. The summed E-state index contributed by atoms with van der Waals surface area (Å²) in [5, 5.41) is 3.89. The normalized spacial score (nSPS) is 14.8. The molecule has 0 bridgehead atoms. The number of nitrogens with two attached hydrogens (primary N) is 1. The third-order valence-electron chi connectivity index (χ3n) is 6.33. The lowest BCUT2D eigenvalue weighted by Gasteiger charge is -2.21. The number of fused-ring (bicyclic) bond motifs is 1. The zero-order valence-electron chi connectivity index (χ0n) is 19.9. The summed E-state index contributed by atoms with van der Waals surface area (Å²) >= 11 is 0. The number of anilines is 1. The molecule has 180 valence electrons. The van der Waals surface area contributed by atoms with E-state index in [1.54, 1.807) is 13.0 Å². The number of aromatic nitrogens is 1. The first-order valence-corrected chi connectivity index (χ1v) is 11.8. The lowest BCUT2D eigenvalue weighted by molar-refractivity contribution is -0.116. The van der Waals surface area contributed by atoms with Gasteiger partial charge in [-0.2, -0.15) is 0 Å². The van der Waals surface area contributed by atoms with E-state index in [9.17, 15) is 9.59 Å². The van der Waals surface area contributed by atoms with E-state index >= 15 is 0 Å². The summed E-state index contributed by atoms with van der Waals surface area (Å²) in [4.78, 5) is 29.6. The summed E-state index contributed by atoms with van der Waals surface area (Å²) in [7, 11) is 0. The largest absolute Gasteiger partial charge is 0.457 e. The fraction of sp³-hybridized carbons (Fsp3) is 0.172. The Kier molecular flexibility index (Phi) is 6.33. The van der Waals surface area contributed by atoms with E-state index < -0.39 is 5.91 Å². The van der Waals surface area contributed by atoms with Gasteiger partial charge in [0.25, 0.3) is 11.8 Å². The highest BCUT2D eigenvalue weighted by molar-refractivity contribution is 6.13. The zero-order chi connectivity index (χ0) is 25.1. The average molecular weight is 479 g/mol. The molecule has 36 heavy (non-hydrogen) atoms. The van der Waals surface area contributed by atoms with Gasteiger partial charge in [-0.25, -0.2) is 0 Å². The Balaban J connectivity index is 1.48. The maximum Gasteiger partial charge on any atom is 0.296 e. The molecule has 1 saturated heterocycles. The smallest absolute Gasteiger partial charge is 0.296 e. The van der Waals surface area contributed by atoms with Crippen LogP contribution < -0.4 is 20.7 Å². The molecule has 4 N–H and O–H groups in total. The van der Waals surface area contributed by atoms with Crippen LogP contribution in [-0.2, 0) is 4.79 Å². The quantitative estimate of drug-likeness (QED) is 0.357. The molecule has 4 aromatic rings. The van der Waals surface area contributed by atoms with Crippen molar-refractivity contribution >= 4 is 28.4 Å². The van der Waals surface area contributed by atoms with Crippen molar-refractivity contribution < 1.29 is 14.3 Å². The third-order valence-corrected chi connectivity index (χ3v) is 6.33. The predicted octanol–water partition coefficient (Wildman–Crippen LogP) is 4.44.